The molecule has 2 aromatic rings. The number of aliphatic hydroxyl groups is 1. The van der Waals surface area contributed by atoms with Crippen molar-refractivity contribution in [2.45, 2.75) is 59.5 Å². The topological polar surface area (TPSA) is 33.1 Å². The van der Waals surface area contributed by atoms with Crippen molar-refractivity contribution in [3.05, 3.63) is 58.9 Å². The van der Waals surface area contributed by atoms with Crippen LogP contribution in [-0.4, -0.2) is 10.1 Å². The molecule has 2 nitrogen and oxygen atoms in total. The molecule has 0 aliphatic heterocycles. The normalized spacial score (nSPS) is 11.3. The molecule has 2 rings (SSSR count). The van der Waals surface area contributed by atoms with Gasteiger partial charge in [-0.15, -0.1) is 0 Å². The molecule has 0 bridgehead atoms. The number of hydrogen-bond acceptors (Lipinski definition) is 2. The molecular weight excluding hydrogens is 294 g/mol. The lowest BCUT2D eigenvalue weighted by Gasteiger charge is -2.18. The summed E-state index contributed by atoms with van der Waals surface area (Å²) in [5.74, 6) is 0. The largest absolute Gasteiger partial charge is 0.392 e. The van der Waals surface area contributed by atoms with Crippen LogP contribution in [0.2, 0.25) is 0 Å². The highest BCUT2D eigenvalue weighted by Gasteiger charge is 2.17. The van der Waals surface area contributed by atoms with Crippen LogP contribution in [0.1, 0.15) is 62.5 Å². The van der Waals surface area contributed by atoms with E-state index in [2.05, 4.69) is 57.2 Å². The van der Waals surface area contributed by atoms with Crippen molar-refractivity contribution in [2.75, 3.05) is 0 Å². The molecular formula is C22H29NO. The fourth-order valence-corrected chi connectivity index (χ4v) is 3.11. The molecule has 0 aliphatic rings. The van der Waals surface area contributed by atoms with E-state index in [9.17, 15) is 5.11 Å². The zero-order valence-corrected chi connectivity index (χ0v) is 15.2. The smallest absolute Gasteiger partial charge is 0.0705 e. The van der Waals surface area contributed by atoms with Gasteiger partial charge in [0.2, 0.25) is 0 Å². The van der Waals surface area contributed by atoms with E-state index >= 15 is 0 Å². The fraction of sp³-hybridized carbons (Fsp3) is 0.409. The summed E-state index contributed by atoms with van der Waals surface area (Å²) < 4.78 is 0. The fourth-order valence-electron chi connectivity index (χ4n) is 3.11. The van der Waals surface area contributed by atoms with Gasteiger partial charge in [-0.05, 0) is 30.4 Å². The molecule has 0 saturated carbocycles. The summed E-state index contributed by atoms with van der Waals surface area (Å²) in [6, 6.07) is 10.4. The quantitative estimate of drug-likeness (QED) is 0.644. The molecule has 2 heteroatoms. The number of nitrogens with zero attached hydrogens (tertiary/aromatic N) is 1. The molecule has 0 atom stereocenters. The Hall–Kier alpha value is -1.93. The minimum atomic E-state index is 0.0280. The summed E-state index contributed by atoms with van der Waals surface area (Å²) in [7, 11) is 0. The van der Waals surface area contributed by atoms with Gasteiger partial charge in [-0.2, -0.15) is 0 Å². The first kappa shape index (κ1) is 18.4. The maximum Gasteiger partial charge on any atom is 0.0705 e. The lowest BCUT2D eigenvalue weighted by atomic mass is 9.90. The average molecular weight is 323 g/mol. The van der Waals surface area contributed by atoms with E-state index in [1.807, 2.05) is 6.07 Å². The third-order valence-corrected chi connectivity index (χ3v) is 4.40. The molecule has 0 radical (unpaired) electrons. The average Bonchev–Trinajstić information content (AvgIpc) is 2.64. The van der Waals surface area contributed by atoms with Crippen LogP contribution in [0.3, 0.4) is 0 Å². The lowest BCUT2D eigenvalue weighted by molar-refractivity contribution is 0.280. The number of hydrogen-bond donors (Lipinski definition) is 1. The Balaban J connectivity index is 2.67. The van der Waals surface area contributed by atoms with Gasteiger partial charge < -0.3 is 5.11 Å². The maximum absolute atomic E-state index is 10.0. The van der Waals surface area contributed by atoms with Gasteiger partial charge in [0.05, 0.1) is 6.61 Å². The summed E-state index contributed by atoms with van der Waals surface area (Å²) in [6.07, 6.45) is 9.67. The Morgan fingerprint density at radius 3 is 2.29 bits per heavy atom. The first-order valence-electron chi connectivity index (χ1n) is 9.14. The molecule has 0 unspecified atom stereocenters. The van der Waals surface area contributed by atoms with Crippen LogP contribution in [0.25, 0.3) is 17.2 Å². The summed E-state index contributed by atoms with van der Waals surface area (Å²) in [5.41, 5.74) is 6.57. The van der Waals surface area contributed by atoms with Crippen LogP contribution >= 0.6 is 0 Å². The van der Waals surface area contributed by atoms with Crippen molar-refractivity contribution in [2.24, 2.45) is 0 Å². The van der Waals surface area contributed by atoms with Crippen LogP contribution in [0.5, 0.6) is 0 Å². The highest BCUT2D eigenvalue weighted by Crippen LogP contribution is 2.33. The number of aromatic nitrogens is 1. The Labute approximate surface area is 146 Å². The molecule has 0 amide bonds. The summed E-state index contributed by atoms with van der Waals surface area (Å²) >= 11 is 0. The SMILES string of the molecule is CCCC/C=C/c1c(CC)nc(CC)c(CO)c1-c1ccccc1. The molecule has 1 N–H and O–H groups in total. The van der Waals surface area contributed by atoms with Gasteiger partial charge in [0.25, 0.3) is 0 Å². The lowest BCUT2D eigenvalue weighted by Crippen LogP contribution is -2.07. The van der Waals surface area contributed by atoms with Crippen LogP contribution in [0.4, 0.5) is 0 Å². The molecule has 0 spiro atoms. The van der Waals surface area contributed by atoms with Crippen LogP contribution in [-0.2, 0) is 19.4 Å². The van der Waals surface area contributed by atoms with Gasteiger partial charge in [-0.25, -0.2) is 0 Å². The third kappa shape index (κ3) is 4.12. The number of aryl methyl sites for hydroxylation is 2. The number of pyridine rings is 1. The maximum atomic E-state index is 10.0. The van der Waals surface area contributed by atoms with Crippen molar-refractivity contribution in [1.29, 1.82) is 0 Å². The molecule has 1 aromatic heterocycles. The first-order chi connectivity index (χ1) is 11.8. The Morgan fingerprint density at radius 1 is 1.00 bits per heavy atom. The predicted molar refractivity (Wildman–Crippen MR) is 103 cm³/mol. The summed E-state index contributed by atoms with van der Waals surface area (Å²) in [6.45, 7) is 6.49. The number of benzene rings is 1. The second-order valence-corrected chi connectivity index (χ2v) is 6.05. The minimum Gasteiger partial charge on any atom is -0.392 e. The monoisotopic (exact) mass is 323 g/mol. The molecule has 0 aliphatic carbocycles. The van der Waals surface area contributed by atoms with Gasteiger partial charge in [-0.1, -0.05) is 76.1 Å². The van der Waals surface area contributed by atoms with E-state index < -0.39 is 0 Å². The van der Waals surface area contributed by atoms with E-state index in [4.69, 9.17) is 4.98 Å². The van der Waals surface area contributed by atoms with E-state index in [0.29, 0.717) is 0 Å². The highest BCUT2D eigenvalue weighted by molar-refractivity contribution is 5.79. The molecule has 0 fully saturated rings. The van der Waals surface area contributed by atoms with E-state index in [0.717, 1.165) is 47.3 Å². The Kier molecular flexibility index (Phi) is 7.20. The number of allylic oxidation sites excluding steroid dienone is 1. The van der Waals surface area contributed by atoms with E-state index in [1.54, 1.807) is 0 Å². The third-order valence-electron chi connectivity index (χ3n) is 4.40. The Morgan fingerprint density at radius 2 is 1.71 bits per heavy atom. The standard InChI is InChI=1S/C22H29NO/c1-4-7-8-12-15-18-20(5-2)23-21(6-3)19(16-24)22(18)17-13-10-9-11-14-17/h9-15,24H,4-8,16H2,1-3H3/b15-12+. The molecule has 1 heterocycles. The van der Waals surface area contributed by atoms with Crippen LogP contribution in [0.15, 0.2) is 36.4 Å². The van der Waals surface area contributed by atoms with Gasteiger partial charge in [0.15, 0.2) is 0 Å². The summed E-state index contributed by atoms with van der Waals surface area (Å²) in [4.78, 5) is 4.85. The van der Waals surface area contributed by atoms with E-state index in [-0.39, 0.29) is 6.61 Å². The van der Waals surface area contributed by atoms with Crippen LogP contribution in [0, 0.1) is 0 Å². The zero-order chi connectivity index (χ0) is 17.4. The second kappa shape index (κ2) is 9.39. The van der Waals surface area contributed by atoms with Crippen LogP contribution < -0.4 is 0 Å². The highest BCUT2D eigenvalue weighted by atomic mass is 16.3. The van der Waals surface area contributed by atoms with Gasteiger partial charge >= 0.3 is 0 Å². The second-order valence-electron chi connectivity index (χ2n) is 6.05. The van der Waals surface area contributed by atoms with Crippen molar-refractivity contribution < 1.29 is 5.11 Å². The first-order valence-corrected chi connectivity index (χ1v) is 9.14. The van der Waals surface area contributed by atoms with Crippen molar-refractivity contribution >= 4 is 6.08 Å². The summed E-state index contributed by atoms with van der Waals surface area (Å²) in [5, 5.41) is 10.0. The zero-order valence-electron chi connectivity index (χ0n) is 15.2. The van der Waals surface area contributed by atoms with Crippen molar-refractivity contribution in [3.63, 3.8) is 0 Å². The Bertz CT molecular complexity index is 674. The molecule has 128 valence electrons. The van der Waals surface area contributed by atoms with Gasteiger partial charge in [0.1, 0.15) is 0 Å². The number of unbranched alkanes of at least 4 members (excludes halogenated alkanes) is 2. The molecule has 24 heavy (non-hydrogen) atoms. The van der Waals surface area contributed by atoms with Gasteiger partial charge in [-0.3, -0.25) is 4.98 Å². The van der Waals surface area contributed by atoms with Crippen molar-refractivity contribution in [3.8, 4) is 11.1 Å². The molecule has 0 saturated heterocycles. The minimum absolute atomic E-state index is 0.0280. The molecule has 1 aromatic carbocycles. The number of aliphatic hydroxyl groups excluding tert-OH is 1. The number of rotatable bonds is 8. The van der Waals surface area contributed by atoms with E-state index in [1.165, 1.54) is 18.4 Å². The van der Waals surface area contributed by atoms with Crippen molar-refractivity contribution in [1.82, 2.24) is 4.98 Å². The van der Waals surface area contributed by atoms with Gasteiger partial charge in [0, 0.05) is 22.5 Å². The predicted octanol–water partition coefficient (Wildman–Crippen LogP) is 5.57.